The molecule has 1 heterocycles. The highest BCUT2D eigenvalue weighted by atomic mass is 32.2. The Bertz CT molecular complexity index is 973. The zero-order valence-electron chi connectivity index (χ0n) is 16.7. The van der Waals surface area contributed by atoms with Crippen LogP contribution in [0.4, 0.5) is 5.00 Å². The third kappa shape index (κ3) is 4.80. The number of nitrogens with one attached hydrogen (secondary N) is 1. The van der Waals surface area contributed by atoms with E-state index in [4.69, 9.17) is 4.74 Å². The molecule has 28 heavy (non-hydrogen) atoms. The monoisotopic (exact) mass is 423 g/mol. The van der Waals surface area contributed by atoms with E-state index in [2.05, 4.69) is 5.32 Å². The van der Waals surface area contributed by atoms with Crippen LogP contribution in [0.3, 0.4) is 0 Å². The lowest BCUT2D eigenvalue weighted by molar-refractivity contribution is -0.115. The summed E-state index contributed by atoms with van der Waals surface area (Å²) in [6, 6.07) is 6.29. The average molecular weight is 424 g/mol. The molecule has 2 rings (SSSR count). The van der Waals surface area contributed by atoms with Gasteiger partial charge in [0.25, 0.3) is 0 Å². The predicted octanol–water partition coefficient (Wildman–Crippen LogP) is 3.90. The number of amides is 1. The molecule has 2 aromatic rings. The maximum Gasteiger partial charge on any atom is 0.341 e. The van der Waals surface area contributed by atoms with Crippen LogP contribution in [-0.2, 0) is 25.8 Å². The van der Waals surface area contributed by atoms with Crippen LogP contribution < -0.4 is 5.32 Å². The van der Waals surface area contributed by atoms with E-state index in [0.717, 1.165) is 10.4 Å². The Balaban J connectivity index is 2.15. The first kappa shape index (κ1) is 22.1. The van der Waals surface area contributed by atoms with Gasteiger partial charge in [-0.05, 0) is 57.9 Å². The topological polar surface area (TPSA) is 89.5 Å². The number of ether oxygens (including phenoxy) is 1. The zero-order chi connectivity index (χ0) is 21.1. The van der Waals surface area contributed by atoms with Gasteiger partial charge in [-0.3, -0.25) is 4.79 Å². The molecule has 0 radical (unpaired) electrons. The van der Waals surface area contributed by atoms with Gasteiger partial charge in [0.15, 0.2) is 9.84 Å². The van der Waals surface area contributed by atoms with Gasteiger partial charge in [0.1, 0.15) is 5.00 Å². The molecule has 1 amide bonds. The molecular weight excluding hydrogens is 398 g/mol. The summed E-state index contributed by atoms with van der Waals surface area (Å²) in [5, 5.41) is 2.75. The number of esters is 1. The number of aryl methyl sites for hydroxylation is 1. The fourth-order valence-electron chi connectivity index (χ4n) is 2.59. The normalized spacial score (nSPS) is 11.5. The number of sulfone groups is 1. The van der Waals surface area contributed by atoms with E-state index in [1.165, 1.54) is 23.5 Å². The highest BCUT2D eigenvalue weighted by molar-refractivity contribution is 7.92. The van der Waals surface area contributed by atoms with E-state index >= 15 is 0 Å². The first-order chi connectivity index (χ1) is 13.1. The smallest absolute Gasteiger partial charge is 0.341 e. The van der Waals surface area contributed by atoms with Crippen molar-refractivity contribution in [2.75, 3.05) is 11.9 Å². The van der Waals surface area contributed by atoms with Crippen LogP contribution in [0, 0.1) is 13.8 Å². The lowest BCUT2D eigenvalue weighted by atomic mass is 10.1. The van der Waals surface area contributed by atoms with Crippen molar-refractivity contribution in [1.29, 1.82) is 0 Å². The zero-order valence-corrected chi connectivity index (χ0v) is 18.3. The van der Waals surface area contributed by atoms with Crippen LogP contribution in [0.1, 0.15) is 47.1 Å². The molecule has 0 atom stereocenters. The third-order valence-corrected chi connectivity index (χ3v) is 7.65. The van der Waals surface area contributed by atoms with Crippen molar-refractivity contribution in [1.82, 2.24) is 0 Å². The number of benzene rings is 1. The van der Waals surface area contributed by atoms with Gasteiger partial charge in [-0.15, -0.1) is 11.3 Å². The molecule has 0 saturated carbocycles. The Morgan fingerprint density at radius 2 is 1.75 bits per heavy atom. The van der Waals surface area contributed by atoms with Gasteiger partial charge >= 0.3 is 5.97 Å². The molecule has 0 spiro atoms. The summed E-state index contributed by atoms with van der Waals surface area (Å²) < 4.78 is 29.4. The Morgan fingerprint density at radius 3 is 2.29 bits per heavy atom. The molecule has 0 bridgehead atoms. The van der Waals surface area contributed by atoms with Crippen molar-refractivity contribution in [3.63, 3.8) is 0 Å². The molecule has 0 unspecified atom stereocenters. The minimum atomic E-state index is -3.34. The van der Waals surface area contributed by atoms with Gasteiger partial charge in [-0.25, -0.2) is 13.2 Å². The highest BCUT2D eigenvalue weighted by Gasteiger charge is 2.22. The molecule has 6 nitrogen and oxygen atoms in total. The third-order valence-electron chi connectivity index (χ3n) is 4.35. The second-order valence-corrected chi connectivity index (χ2v) is 10.4. The molecule has 0 fully saturated rings. The van der Waals surface area contributed by atoms with Gasteiger partial charge in [0.2, 0.25) is 5.91 Å². The van der Waals surface area contributed by atoms with Crippen LogP contribution >= 0.6 is 11.3 Å². The fourth-order valence-corrected chi connectivity index (χ4v) is 4.71. The Hall–Kier alpha value is -2.19. The van der Waals surface area contributed by atoms with Gasteiger partial charge in [-0.2, -0.15) is 0 Å². The van der Waals surface area contributed by atoms with Crippen molar-refractivity contribution < 1.29 is 22.7 Å². The highest BCUT2D eigenvalue weighted by Crippen LogP contribution is 2.33. The van der Waals surface area contributed by atoms with Gasteiger partial charge in [0.05, 0.1) is 28.7 Å². The minimum Gasteiger partial charge on any atom is -0.462 e. The number of hydrogen-bond donors (Lipinski definition) is 1. The van der Waals surface area contributed by atoms with E-state index in [9.17, 15) is 18.0 Å². The quantitative estimate of drug-likeness (QED) is 0.682. The van der Waals surface area contributed by atoms with Crippen molar-refractivity contribution in [3.05, 3.63) is 45.8 Å². The molecule has 1 aromatic heterocycles. The maximum atomic E-state index is 12.5. The first-order valence-electron chi connectivity index (χ1n) is 8.97. The Labute approximate surface area is 169 Å². The van der Waals surface area contributed by atoms with Gasteiger partial charge in [-0.1, -0.05) is 12.1 Å². The lowest BCUT2D eigenvalue weighted by Gasteiger charge is -2.09. The molecule has 0 aliphatic rings. The van der Waals surface area contributed by atoms with Crippen LogP contribution in [0.15, 0.2) is 29.2 Å². The van der Waals surface area contributed by atoms with Gasteiger partial charge in [0, 0.05) is 4.88 Å². The van der Waals surface area contributed by atoms with E-state index in [0.29, 0.717) is 16.1 Å². The number of carbonyl (C=O) groups excluding carboxylic acids is 2. The van der Waals surface area contributed by atoms with Crippen LogP contribution in [-0.4, -0.2) is 32.2 Å². The maximum absolute atomic E-state index is 12.5. The summed E-state index contributed by atoms with van der Waals surface area (Å²) in [5.41, 5.74) is 1.86. The summed E-state index contributed by atoms with van der Waals surface area (Å²) in [7, 11) is -3.34. The summed E-state index contributed by atoms with van der Waals surface area (Å²) in [6.45, 7) is 8.94. The Morgan fingerprint density at radius 1 is 1.14 bits per heavy atom. The molecular formula is C20H25NO5S2. The van der Waals surface area contributed by atoms with Crippen LogP contribution in [0.5, 0.6) is 0 Å². The van der Waals surface area contributed by atoms with Crippen LogP contribution in [0.2, 0.25) is 0 Å². The summed E-state index contributed by atoms with van der Waals surface area (Å²) >= 11 is 1.33. The predicted molar refractivity (Wildman–Crippen MR) is 111 cm³/mol. The van der Waals surface area contributed by atoms with Crippen molar-refractivity contribution in [2.24, 2.45) is 0 Å². The lowest BCUT2D eigenvalue weighted by Crippen LogP contribution is -2.17. The van der Waals surface area contributed by atoms with E-state index in [1.807, 2.05) is 13.8 Å². The van der Waals surface area contributed by atoms with Crippen molar-refractivity contribution >= 4 is 38.1 Å². The number of rotatable bonds is 7. The summed E-state index contributed by atoms with van der Waals surface area (Å²) in [5.74, 6) is -0.742. The molecule has 8 heteroatoms. The van der Waals surface area contributed by atoms with Crippen molar-refractivity contribution in [3.8, 4) is 0 Å². The second-order valence-electron chi connectivity index (χ2n) is 6.67. The van der Waals surface area contributed by atoms with E-state index in [1.54, 1.807) is 32.9 Å². The number of hydrogen-bond acceptors (Lipinski definition) is 6. The molecule has 0 aliphatic heterocycles. The second kappa shape index (κ2) is 8.87. The fraction of sp³-hybridized carbons (Fsp3) is 0.400. The van der Waals surface area contributed by atoms with E-state index < -0.39 is 21.1 Å². The summed E-state index contributed by atoms with van der Waals surface area (Å²) in [4.78, 5) is 25.8. The average Bonchev–Trinajstić information content (AvgIpc) is 2.89. The van der Waals surface area contributed by atoms with Crippen LogP contribution in [0.25, 0.3) is 0 Å². The summed E-state index contributed by atoms with van der Waals surface area (Å²) in [6.07, 6.45) is 0.0697. The Kier molecular flexibility index (Phi) is 7.01. The number of anilines is 1. The standard InChI is InChI=1S/C20H25NO5S2/c1-6-26-20(23)18-13(4)14(5)27-19(18)21-17(22)11-15-7-9-16(10-8-15)28(24,25)12(2)3/h7-10,12H,6,11H2,1-5H3,(H,21,22). The SMILES string of the molecule is CCOC(=O)c1c(NC(=O)Cc2ccc(S(=O)(=O)C(C)C)cc2)sc(C)c1C. The van der Waals surface area contributed by atoms with E-state index in [-0.39, 0.29) is 23.8 Å². The van der Waals surface area contributed by atoms with Crippen molar-refractivity contribution in [2.45, 2.75) is 51.2 Å². The molecule has 0 aliphatic carbocycles. The molecule has 152 valence electrons. The minimum absolute atomic E-state index is 0.0697. The molecule has 0 saturated heterocycles. The molecule has 1 aromatic carbocycles. The largest absolute Gasteiger partial charge is 0.462 e. The van der Waals surface area contributed by atoms with Gasteiger partial charge < -0.3 is 10.1 Å². The molecule has 1 N–H and O–H groups in total. The first-order valence-corrected chi connectivity index (χ1v) is 11.3. The number of thiophene rings is 1. The number of carbonyl (C=O) groups is 2.